The average molecular weight is 259 g/mol. The monoisotopic (exact) mass is 259 g/mol. The molecule has 0 unspecified atom stereocenters. The van der Waals surface area contributed by atoms with Gasteiger partial charge in [0.05, 0.1) is 6.07 Å². The van der Waals surface area contributed by atoms with E-state index in [0.717, 1.165) is 6.26 Å². The van der Waals surface area contributed by atoms with Gasteiger partial charge in [0.25, 0.3) is 0 Å². The molecular weight excluding hydrogens is 242 g/mol. The number of rotatable bonds is 3. The maximum absolute atomic E-state index is 11.5. The van der Waals surface area contributed by atoms with E-state index in [4.69, 9.17) is 5.26 Å². The number of nitriles is 1. The van der Waals surface area contributed by atoms with Gasteiger partial charge in [-0.05, 0) is 19.9 Å². The number of hydrogen-bond acceptors (Lipinski definition) is 5. The topological polar surface area (TPSA) is 90.3 Å². The standard InChI is InChI=1S/C10H17N3O3S/c1-13-5-3-10(8-11,4-6-13)12-9(14)7-17(2,15)16/h3-7H2,1-2H3,(H,12,14). The van der Waals surface area contributed by atoms with Crippen molar-refractivity contribution in [3.8, 4) is 6.07 Å². The van der Waals surface area contributed by atoms with Crippen LogP contribution >= 0.6 is 0 Å². The molecule has 1 saturated heterocycles. The highest BCUT2D eigenvalue weighted by molar-refractivity contribution is 7.91. The van der Waals surface area contributed by atoms with Crippen molar-refractivity contribution in [2.45, 2.75) is 18.4 Å². The molecule has 0 aromatic heterocycles. The number of hydrogen-bond donors (Lipinski definition) is 1. The lowest BCUT2D eigenvalue weighted by Gasteiger charge is -2.35. The van der Waals surface area contributed by atoms with E-state index in [9.17, 15) is 13.2 Å². The molecule has 96 valence electrons. The molecule has 1 fully saturated rings. The van der Waals surface area contributed by atoms with Crippen molar-refractivity contribution in [1.29, 1.82) is 5.26 Å². The molecule has 1 amide bonds. The second-order valence-electron chi connectivity index (χ2n) is 4.62. The lowest BCUT2D eigenvalue weighted by Crippen LogP contribution is -2.54. The quantitative estimate of drug-likeness (QED) is 0.712. The minimum Gasteiger partial charge on any atom is -0.337 e. The van der Waals surface area contributed by atoms with Crippen molar-refractivity contribution in [3.05, 3.63) is 0 Å². The van der Waals surface area contributed by atoms with Gasteiger partial charge in [-0.3, -0.25) is 4.79 Å². The molecule has 0 bridgehead atoms. The van der Waals surface area contributed by atoms with Crippen molar-refractivity contribution in [2.24, 2.45) is 0 Å². The van der Waals surface area contributed by atoms with E-state index in [2.05, 4.69) is 16.3 Å². The predicted molar refractivity (Wildman–Crippen MR) is 62.9 cm³/mol. The first-order valence-electron chi connectivity index (χ1n) is 5.35. The van der Waals surface area contributed by atoms with Crippen LogP contribution in [0, 0.1) is 11.3 Å². The van der Waals surface area contributed by atoms with Gasteiger partial charge in [-0.15, -0.1) is 0 Å². The highest BCUT2D eigenvalue weighted by atomic mass is 32.2. The Morgan fingerprint density at radius 2 is 2.00 bits per heavy atom. The number of amides is 1. The van der Waals surface area contributed by atoms with Gasteiger partial charge < -0.3 is 10.2 Å². The zero-order valence-corrected chi connectivity index (χ0v) is 10.9. The zero-order valence-electron chi connectivity index (χ0n) is 10.1. The van der Waals surface area contributed by atoms with Crippen LogP contribution < -0.4 is 5.32 Å². The van der Waals surface area contributed by atoms with Crippen LogP contribution in [0.4, 0.5) is 0 Å². The first-order valence-corrected chi connectivity index (χ1v) is 7.41. The number of nitrogens with one attached hydrogen (secondary N) is 1. The third kappa shape index (κ3) is 4.32. The minimum atomic E-state index is -3.35. The molecule has 0 saturated carbocycles. The summed E-state index contributed by atoms with van der Waals surface area (Å²) in [4.78, 5) is 13.6. The molecule has 0 spiro atoms. The number of piperidine rings is 1. The first kappa shape index (κ1) is 13.9. The normalized spacial score (nSPS) is 20.5. The molecule has 0 aromatic carbocycles. The van der Waals surface area contributed by atoms with E-state index in [1.165, 1.54) is 0 Å². The van der Waals surface area contributed by atoms with Crippen LogP contribution in [0.3, 0.4) is 0 Å². The van der Waals surface area contributed by atoms with Crippen molar-refractivity contribution >= 4 is 15.7 Å². The summed E-state index contributed by atoms with van der Waals surface area (Å²) in [5.74, 6) is -1.16. The van der Waals surface area contributed by atoms with Gasteiger partial charge in [0.1, 0.15) is 11.3 Å². The van der Waals surface area contributed by atoms with Crippen LogP contribution in [0.5, 0.6) is 0 Å². The Morgan fingerprint density at radius 1 is 1.47 bits per heavy atom. The fourth-order valence-corrected chi connectivity index (χ4v) is 2.35. The SMILES string of the molecule is CN1CCC(C#N)(NC(=O)CS(C)(=O)=O)CC1. The Bertz CT molecular complexity index is 430. The van der Waals surface area contributed by atoms with Crippen molar-refractivity contribution < 1.29 is 13.2 Å². The summed E-state index contributed by atoms with van der Waals surface area (Å²) in [5, 5.41) is 11.7. The molecule has 0 atom stereocenters. The van der Waals surface area contributed by atoms with Gasteiger partial charge in [0.2, 0.25) is 5.91 Å². The Hall–Kier alpha value is -1.13. The summed E-state index contributed by atoms with van der Waals surface area (Å²) >= 11 is 0. The molecule has 1 aliphatic rings. The molecule has 17 heavy (non-hydrogen) atoms. The maximum Gasteiger partial charge on any atom is 0.236 e. The predicted octanol–water partition coefficient (Wildman–Crippen LogP) is -0.865. The van der Waals surface area contributed by atoms with Crippen LogP contribution in [-0.4, -0.2) is 56.9 Å². The third-order valence-corrected chi connectivity index (χ3v) is 3.61. The number of carbonyl (C=O) groups excluding carboxylic acids is 1. The molecule has 1 N–H and O–H groups in total. The Balaban J connectivity index is 2.65. The van der Waals surface area contributed by atoms with Gasteiger partial charge in [0, 0.05) is 19.3 Å². The van der Waals surface area contributed by atoms with Gasteiger partial charge in [-0.2, -0.15) is 5.26 Å². The van der Waals surface area contributed by atoms with Gasteiger partial charge in [-0.1, -0.05) is 0 Å². The van der Waals surface area contributed by atoms with Crippen molar-refractivity contribution in [3.63, 3.8) is 0 Å². The van der Waals surface area contributed by atoms with Gasteiger partial charge in [-0.25, -0.2) is 8.42 Å². The molecule has 1 heterocycles. The van der Waals surface area contributed by atoms with E-state index in [0.29, 0.717) is 25.9 Å². The van der Waals surface area contributed by atoms with Crippen LogP contribution in [0.1, 0.15) is 12.8 Å². The summed E-state index contributed by atoms with van der Waals surface area (Å²) < 4.78 is 22.0. The molecule has 0 aliphatic carbocycles. The van der Waals surface area contributed by atoms with Crippen LogP contribution in [0.2, 0.25) is 0 Å². The fourth-order valence-electron chi connectivity index (χ4n) is 1.81. The number of sulfone groups is 1. The Labute approximate surface area is 102 Å². The van der Waals surface area contributed by atoms with Crippen molar-refractivity contribution in [2.75, 3.05) is 32.1 Å². The first-order chi connectivity index (χ1) is 7.76. The molecule has 0 radical (unpaired) electrons. The van der Waals surface area contributed by atoms with Gasteiger partial charge >= 0.3 is 0 Å². The van der Waals surface area contributed by atoms with E-state index < -0.39 is 27.0 Å². The molecule has 6 nitrogen and oxygen atoms in total. The van der Waals surface area contributed by atoms with Crippen LogP contribution in [-0.2, 0) is 14.6 Å². The summed E-state index contributed by atoms with van der Waals surface area (Å²) in [6, 6.07) is 2.10. The molecule has 7 heteroatoms. The van der Waals surface area contributed by atoms with E-state index in [1.54, 1.807) is 0 Å². The molecule has 1 aliphatic heterocycles. The fraction of sp³-hybridized carbons (Fsp3) is 0.800. The highest BCUT2D eigenvalue weighted by Crippen LogP contribution is 2.20. The molecule has 1 rings (SSSR count). The second kappa shape index (κ2) is 5.02. The Kier molecular flexibility index (Phi) is 4.11. The molecule has 0 aromatic rings. The van der Waals surface area contributed by atoms with Crippen molar-refractivity contribution in [1.82, 2.24) is 10.2 Å². The maximum atomic E-state index is 11.5. The summed E-state index contributed by atoms with van der Waals surface area (Å²) in [7, 11) is -1.41. The van der Waals surface area contributed by atoms with E-state index in [-0.39, 0.29) is 0 Å². The summed E-state index contributed by atoms with van der Waals surface area (Å²) in [6.07, 6.45) is 2.05. The largest absolute Gasteiger partial charge is 0.337 e. The Morgan fingerprint density at radius 3 is 2.41 bits per heavy atom. The number of likely N-dealkylation sites (tertiary alicyclic amines) is 1. The lowest BCUT2D eigenvalue weighted by atomic mass is 9.89. The zero-order chi connectivity index (χ0) is 13.1. The smallest absolute Gasteiger partial charge is 0.236 e. The van der Waals surface area contributed by atoms with E-state index >= 15 is 0 Å². The number of carbonyl (C=O) groups is 1. The van der Waals surface area contributed by atoms with E-state index in [1.807, 2.05) is 7.05 Å². The third-order valence-electron chi connectivity index (χ3n) is 2.83. The summed E-state index contributed by atoms with van der Waals surface area (Å²) in [6.45, 7) is 1.43. The number of nitrogens with zero attached hydrogens (tertiary/aromatic N) is 2. The highest BCUT2D eigenvalue weighted by Gasteiger charge is 2.35. The minimum absolute atomic E-state index is 0.523. The average Bonchev–Trinajstić information content (AvgIpc) is 2.19. The van der Waals surface area contributed by atoms with Crippen LogP contribution in [0.25, 0.3) is 0 Å². The lowest BCUT2D eigenvalue weighted by molar-refractivity contribution is -0.120. The summed E-state index contributed by atoms with van der Waals surface area (Å²) in [5.41, 5.74) is -0.908. The van der Waals surface area contributed by atoms with Crippen LogP contribution in [0.15, 0.2) is 0 Å². The molecular formula is C10H17N3O3S. The second-order valence-corrected chi connectivity index (χ2v) is 6.76. The van der Waals surface area contributed by atoms with Gasteiger partial charge in [0.15, 0.2) is 9.84 Å².